The quantitative estimate of drug-likeness (QED) is 0.645. The van der Waals surface area contributed by atoms with Gasteiger partial charge in [0.2, 0.25) is 0 Å². The Bertz CT molecular complexity index is 406. The highest BCUT2D eigenvalue weighted by atomic mass is 19.1. The third kappa shape index (κ3) is 2.81. The third-order valence-electron chi connectivity index (χ3n) is 3.36. The van der Waals surface area contributed by atoms with Gasteiger partial charge in [0.1, 0.15) is 5.82 Å². The van der Waals surface area contributed by atoms with Gasteiger partial charge in [0.15, 0.2) is 0 Å². The Morgan fingerprint density at radius 2 is 1.67 bits per heavy atom. The van der Waals surface area contributed by atoms with Gasteiger partial charge in [0.25, 0.3) is 0 Å². The number of benzene rings is 1. The molecule has 1 aliphatic heterocycles. The fourth-order valence-corrected chi connectivity index (χ4v) is 2.22. The van der Waals surface area contributed by atoms with Gasteiger partial charge < -0.3 is 9.80 Å². The van der Waals surface area contributed by atoms with Crippen LogP contribution in [-0.2, 0) is 0 Å². The number of nitrogens with zero attached hydrogens (tertiary/aromatic N) is 2. The first-order chi connectivity index (χ1) is 8.58. The molecule has 1 heterocycles. The zero-order chi connectivity index (χ0) is 13.1. The number of rotatable bonds is 2. The van der Waals surface area contributed by atoms with Gasteiger partial charge >= 0.3 is 0 Å². The number of anilines is 1. The number of halogens is 1. The van der Waals surface area contributed by atoms with Gasteiger partial charge in [0, 0.05) is 37.8 Å². The van der Waals surface area contributed by atoms with Crippen LogP contribution in [0.25, 0.3) is 0 Å². The fourth-order valence-electron chi connectivity index (χ4n) is 2.22. The smallest absolute Gasteiger partial charge is 0.123 e. The van der Waals surface area contributed by atoms with E-state index >= 15 is 0 Å². The fraction of sp³-hybridized carbons (Fsp3) is 0.500. The van der Waals surface area contributed by atoms with Crippen LogP contribution in [0.15, 0.2) is 24.3 Å². The second kappa shape index (κ2) is 5.38. The summed E-state index contributed by atoms with van der Waals surface area (Å²) in [6, 6.07) is 6.63. The molecule has 0 spiro atoms. The summed E-state index contributed by atoms with van der Waals surface area (Å²) in [4.78, 5) is 4.37. The second-order valence-electron chi connectivity index (χ2n) is 4.99. The molecule has 1 aliphatic rings. The predicted molar refractivity (Wildman–Crippen MR) is 72.8 cm³/mol. The number of hydrogen-bond donors (Lipinski definition) is 1. The Labute approximate surface area is 108 Å². The number of nitrogens with one attached hydrogen (secondary N) is 1. The van der Waals surface area contributed by atoms with Crippen LogP contribution in [-0.4, -0.2) is 36.9 Å². The molecule has 1 fully saturated rings. The first-order valence-corrected chi connectivity index (χ1v) is 6.42. The summed E-state index contributed by atoms with van der Waals surface area (Å²) >= 11 is 0. The summed E-state index contributed by atoms with van der Waals surface area (Å²) in [6.45, 7) is 7.62. The van der Waals surface area contributed by atoms with Crippen LogP contribution in [0, 0.1) is 17.1 Å². The van der Waals surface area contributed by atoms with Gasteiger partial charge in [0.05, 0.1) is 5.84 Å². The second-order valence-corrected chi connectivity index (χ2v) is 4.99. The van der Waals surface area contributed by atoms with E-state index in [0.29, 0.717) is 5.84 Å². The normalized spacial score (nSPS) is 16.2. The molecule has 1 saturated heterocycles. The summed E-state index contributed by atoms with van der Waals surface area (Å²) in [5, 5.41) is 7.99. The van der Waals surface area contributed by atoms with Gasteiger partial charge in [-0.15, -0.1) is 0 Å². The highest BCUT2D eigenvalue weighted by Gasteiger charge is 2.20. The minimum atomic E-state index is -0.195. The van der Waals surface area contributed by atoms with E-state index in [1.54, 1.807) is 0 Å². The minimum absolute atomic E-state index is 0.195. The maximum absolute atomic E-state index is 12.9. The lowest BCUT2D eigenvalue weighted by molar-refractivity contribution is 0.368. The summed E-state index contributed by atoms with van der Waals surface area (Å²) in [7, 11) is 0. The topological polar surface area (TPSA) is 30.3 Å². The largest absolute Gasteiger partial charge is 0.368 e. The summed E-state index contributed by atoms with van der Waals surface area (Å²) in [5.74, 6) is 0.801. The molecule has 1 N–H and O–H groups in total. The third-order valence-corrected chi connectivity index (χ3v) is 3.36. The van der Waals surface area contributed by atoms with Crippen molar-refractivity contribution in [1.82, 2.24) is 4.90 Å². The number of hydrogen-bond acceptors (Lipinski definition) is 2. The molecule has 0 aliphatic carbocycles. The molecule has 1 aromatic carbocycles. The van der Waals surface area contributed by atoms with Crippen LogP contribution in [0.3, 0.4) is 0 Å². The molecule has 0 amide bonds. The van der Waals surface area contributed by atoms with Crippen LogP contribution < -0.4 is 4.90 Å². The van der Waals surface area contributed by atoms with Crippen molar-refractivity contribution in [2.45, 2.75) is 13.8 Å². The first kappa shape index (κ1) is 12.9. The number of piperazine rings is 1. The monoisotopic (exact) mass is 249 g/mol. The van der Waals surface area contributed by atoms with Crippen molar-refractivity contribution < 1.29 is 4.39 Å². The molecule has 1 aromatic rings. The highest BCUT2D eigenvalue weighted by molar-refractivity contribution is 5.81. The Morgan fingerprint density at radius 3 is 2.17 bits per heavy atom. The van der Waals surface area contributed by atoms with E-state index in [-0.39, 0.29) is 11.7 Å². The van der Waals surface area contributed by atoms with E-state index < -0.39 is 0 Å². The van der Waals surface area contributed by atoms with Gasteiger partial charge in [-0.25, -0.2) is 4.39 Å². The van der Waals surface area contributed by atoms with Crippen molar-refractivity contribution in [1.29, 1.82) is 5.41 Å². The Morgan fingerprint density at radius 1 is 1.11 bits per heavy atom. The summed E-state index contributed by atoms with van der Waals surface area (Å²) in [6.07, 6.45) is 0. The van der Waals surface area contributed by atoms with Crippen molar-refractivity contribution in [2.24, 2.45) is 5.92 Å². The van der Waals surface area contributed by atoms with E-state index in [0.717, 1.165) is 31.9 Å². The molecule has 0 bridgehead atoms. The van der Waals surface area contributed by atoms with Crippen molar-refractivity contribution in [3.8, 4) is 0 Å². The molecule has 0 unspecified atom stereocenters. The SMILES string of the molecule is CC(C)C(=N)N1CCN(c2ccc(F)cc2)CC1. The molecule has 98 valence electrons. The van der Waals surface area contributed by atoms with Crippen molar-refractivity contribution in [3.63, 3.8) is 0 Å². The zero-order valence-electron chi connectivity index (χ0n) is 11.0. The maximum Gasteiger partial charge on any atom is 0.123 e. The maximum atomic E-state index is 12.9. The lowest BCUT2D eigenvalue weighted by Gasteiger charge is -2.38. The van der Waals surface area contributed by atoms with Crippen LogP contribution >= 0.6 is 0 Å². The van der Waals surface area contributed by atoms with Crippen LogP contribution in [0.1, 0.15) is 13.8 Å². The van der Waals surface area contributed by atoms with E-state index in [1.807, 2.05) is 12.1 Å². The standard InChI is InChI=1S/C14H20FN3/c1-11(2)14(16)18-9-7-17(8-10-18)13-5-3-12(15)4-6-13/h3-6,11,16H,7-10H2,1-2H3. The Balaban J connectivity index is 1.94. The minimum Gasteiger partial charge on any atom is -0.368 e. The van der Waals surface area contributed by atoms with Crippen LogP contribution in [0.5, 0.6) is 0 Å². The van der Waals surface area contributed by atoms with Crippen molar-refractivity contribution in [3.05, 3.63) is 30.1 Å². The molecule has 4 heteroatoms. The van der Waals surface area contributed by atoms with Crippen LogP contribution in [0.2, 0.25) is 0 Å². The van der Waals surface area contributed by atoms with E-state index in [9.17, 15) is 4.39 Å². The average molecular weight is 249 g/mol. The summed E-state index contributed by atoms with van der Waals surface area (Å²) in [5.41, 5.74) is 1.06. The molecule has 0 radical (unpaired) electrons. The van der Waals surface area contributed by atoms with Gasteiger partial charge in [-0.1, -0.05) is 13.8 Å². The van der Waals surface area contributed by atoms with E-state index in [4.69, 9.17) is 5.41 Å². The first-order valence-electron chi connectivity index (χ1n) is 6.42. The van der Waals surface area contributed by atoms with Gasteiger partial charge in [-0.05, 0) is 24.3 Å². The summed E-state index contributed by atoms with van der Waals surface area (Å²) < 4.78 is 12.9. The molecule has 0 atom stereocenters. The lowest BCUT2D eigenvalue weighted by atomic mass is 10.1. The Kier molecular flexibility index (Phi) is 3.84. The lowest BCUT2D eigenvalue weighted by Crippen LogP contribution is -2.49. The number of amidine groups is 1. The predicted octanol–water partition coefficient (Wildman–Crippen LogP) is 2.58. The molecule has 0 aromatic heterocycles. The molecule has 18 heavy (non-hydrogen) atoms. The van der Waals surface area contributed by atoms with Gasteiger partial charge in [-0.2, -0.15) is 0 Å². The molecule has 2 rings (SSSR count). The molecular weight excluding hydrogens is 229 g/mol. The zero-order valence-corrected chi connectivity index (χ0v) is 11.0. The molecule has 3 nitrogen and oxygen atoms in total. The average Bonchev–Trinajstić information content (AvgIpc) is 2.39. The molecule has 0 saturated carbocycles. The molecular formula is C14H20FN3. The van der Waals surface area contributed by atoms with Gasteiger partial charge in [-0.3, -0.25) is 5.41 Å². The highest BCUT2D eigenvalue weighted by Crippen LogP contribution is 2.17. The van der Waals surface area contributed by atoms with E-state index in [2.05, 4.69) is 23.6 Å². The van der Waals surface area contributed by atoms with Crippen molar-refractivity contribution in [2.75, 3.05) is 31.1 Å². The van der Waals surface area contributed by atoms with E-state index in [1.165, 1.54) is 12.1 Å². The Hall–Kier alpha value is -1.58. The van der Waals surface area contributed by atoms with Crippen LogP contribution in [0.4, 0.5) is 10.1 Å². The van der Waals surface area contributed by atoms with Crippen molar-refractivity contribution >= 4 is 11.5 Å².